The summed E-state index contributed by atoms with van der Waals surface area (Å²) in [6.45, 7) is 13.4. The molecule has 0 spiro atoms. The summed E-state index contributed by atoms with van der Waals surface area (Å²) in [5, 5.41) is 24.7. The van der Waals surface area contributed by atoms with E-state index in [1.807, 2.05) is 51.1 Å². The number of benzene rings is 1. The molecular weight excluding hydrogens is 610 g/mol. The number of β-amino-alcohol motifs (C(OH)–C–C–N with tert-alkyl or cyclic N) is 1. The normalized spacial score (nSPS) is 22.1. The van der Waals surface area contributed by atoms with Gasteiger partial charge in [-0.05, 0) is 71.3 Å². The molecule has 1 unspecified atom stereocenters. The second-order valence-corrected chi connectivity index (χ2v) is 15.7. The summed E-state index contributed by atoms with van der Waals surface area (Å²) in [6.07, 6.45) is 4.63. The number of hydrogen-bond acceptors (Lipinski definition) is 8. The molecule has 1 aliphatic carbocycles. The summed E-state index contributed by atoms with van der Waals surface area (Å²) < 4.78 is 5.07. The maximum Gasteiger partial charge on any atom is 0.274 e. The topological polar surface area (TPSA) is 154 Å². The van der Waals surface area contributed by atoms with E-state index in [-0.39, 0.29) is 30.3 Å². The molecule has 4 N–H and O–H groups in total. The number of fused-ring (bicyclic) bond motifs is 1. The third-order valence-electron chi connectivity index (χ3n) is 9.70. The van der Waals surface area contributed by atoms with Crippen LogP contribution < -0.4 is 16.0 Å². The number of aryl methyl sites for hydroxylation is 1. The van der Waals surface area contributed by atoms with Gasteiger partial charge in [-0.3, -0.25) is 19.3 Å². The van der Waals surface area contributed by atoms with Crippen LogP contribution >= 0.6 is 0 Å². The van der Waals surface area contributed by atoms with Crippen LogP contribution in [-0.4, -0.2) is 81.5 Å². The quantitative estimate of drug-likeness (QED) is 0.251. The van der Waals surface area contributed by atoms with Gasteiger partial charge in [0.05, 0.1) is 18.2 Å². The van der Waals surface area contributed by atoms with Gasteiger partial charge in [0.1, 0.15) is 17.6 Å². The van der Waals surface area contributed by atoms with Crippen molar-refractivity contribution in [3.05, 3.63) is 53.4 Å². The van der Waals surface area contributed by atoms with Crippen molar-refractivity contribution in [3.63, 3.8) is 0 Å². The fourth-order valence-electron chi connectivity index (χ4n) is 7.45. The van der Waals surface area contributed by atoms with E-state index in [2.05, 4.69) is 26.0 Å². The highest BCUT2D eigenvalue weighted by Gasteiger charge is 2.43. The van der Waals surface area contributed by atoms with Crippen LogP contribution in [-0.2, 0) is 20.8 Å². The van der Waals surface area contributed by atoms with Crippen molar-refractivity contribution in [2.75, 3.05) is 13.1 Å². The number of aromatic nitrogens is 1. The third-order valence-corrected chi connectivity index (χ3v) is 9.70. The zero-order chi connectivity index (χ0) is 35.2. The van der Waals surface area contributed by atoms with Gasteiger partial charge in [0.15, 0.2) is 5.69 Å². The van der Waals surface area contributed by atoms with E-state index in [0.29, 0.717) is 30.6 Å². The molecule has 4 rings (SSSR count). The average molecular weight is 666 g/mol. The lowest BCUT2D eigenvalue weighted by atomic mass is 9.72. The standard InChI is InChI=1S/C37H55N5O6/c1-23(43)20-37(6,7)32(39-33(45)29-17-24(2)48-41-29)35(47)38-28(18-25-13-9-8-10-14-25)31(44)22-42-21-27-16-12-11-15-26(27)19-30(42)34(46)40-36(3,4)5/h8-10,13-14,17,26-28,30-32,44H,11-12,15-16,18-22H2,1-7H3,(H,38,47)(H,39,45)(H,40,46)/t26-,27?,28-,30-,31+,32+/m0/s1. The molecule has 2 heterocycles. The van der Waals surface area contributed by atoms with E-state index in [9.17, 15) is 24.3 Å². The predicted octanol–water partition coefficient (Wildman–Crippen LogP) is 3.97. The second-order valence-electron chi connectivity index (χ2n) is 15.7. The highest BCUT2D eigenvalue weighted by atomic mass is 16.5. The second kappa shape index (κ2) is 15.8. The van der Waals surface area contributed by atoms with Crippen molar-refractivity contribution in [1.29, 1.82) is 0 Å². The molecule has 2 fully saturated rings. The molecule has 3 amide bonds. The SMILES string of the molecule is CC(=O)CC(C)(C)[C@H](NC(=O)c1cc(C)on1)C(=O)N[C@@H](Cc1ccccc1)[C@H](O)CN1CC2CCCC[C@H]2C[C@H]1C(=O)NC(C)(C)C. The van der Waals surface area contributed by atoms with E-state index in [0.717, 1.165) is 24.8 Å². The minimum atomic E-state index is -1.13. The lowest BCUT2D eigenvalue weighted by molar-refractivity contribution is -0.134. The maximum atomic E-state index is 14.2. The summed E-state index contributed by atoms with van der Waals surface area (Å²) in [4.78, 5) is 55.4. The van der Waals surface area contributed by atoms with Gasteiger partial charge in [-0.2, -0.15) is 0 Å². The number of nitrogens with zero attached hydrogens (tertiary/aromatic N) is 2. The number of ketones is 1. The van der Waals surface area contributed by atoms with Crippen LogP contribution in [0.1, 0.15) is 102 Å². The maximum absolute atomic E-state index is 14.2. The molecule has 11 nitrogen and oxygen atoms in total. The Kier molecular flexibility index (Phi) is 12.2. The van der Waals surface area contributed by atoms with Gasteiger partial charge in [0, 0.05) is 36.5 Å². The molecular formula is C37H55N5O6. The van der Waals surface area contributed by atoms with Gasteiger partial charge in [-0.15, -0.1) is 0 Å². The van der Waals surface area contributed by atoms with E-state index >= 15 is 0 Å². The molecule has 1 aromatic heterocycles. The highest BCUT2D eigenvalue weighted by molar-refractivity contribution is 5.96. The summed E-state index contributed by atoms with van der Waals surface area (Å²) in [6, 6.07) is 8.79. The molecule has 2 aromatic rings. The van der Waals surface area contributed by atoms with Crippen molar-refractivity contribution in [3.8, 4) is 0 Å². The molecule has 0 radical (unpaired) electrons. The van der Waals surface area contributed by atoms with Crippen molar-refractivity contribution in [2.24, 2.45) is 17.3 Å². The molecule has 264 valence electrons. The van der Waals surface area contributed by atoms with Gasteiger partial charge in [-0.25, -0.2) is 0 Å². The number of likely N-dealkylation sites (tertiary alicyclic amines) is 1. The van der Waals surface area contributed by atoms with Gasteiger partial charge < -0.3 is 30.4 Å². The summed E-state index contributed by atoms with van der Waals surface area (Å²) in [5.41, 5.74) is -0.427. The molecule has 0 bridgehead atoms. The summed E-state index contributed by atoms with van der Waals surface area (Å²) in [5.74, 6) is 0.0784. The number of carbonyl (C=O) groups is 4. The van der Waals surface area contributed by atoms with Crippen LogP contribution in [0.4, 0.5) is 0 Å². The Morgan fingerprint density at radius 1 is 1.02 bits per heavy atom. The molecule has 1 aromatic carbocycles. The molecule has 11 heteroatoms. The van der Waals surface area contributed by atoms with Gasteiger partial charge in [0.25, 0.3) is 5.91 Å². The number of piperidine rings is 1. The minimum Gasteiger partial charge on any atom is -0.390 e. The van der Waals surface area contributed by atoms with E-state index in [1.54, 1.807) is 20.8 Å². The Labute approximate surface area is 285 Å². The predicted molar refractivity (Wildman–Crippen MR) is 183 cm³/mol. The van der Waals surface area contributed by atoms with Gasteiger partial charge >= 0.3 is 0 Å². The van der Waals surface area contributed by atoms with Crippen molar-refractivity contribution in [1.82, 2.24) is 26.0 Å². The number of nitrogens with one attached hydrogen (secondary N) is 3. The monoisotopic (exact) mass is 665 g/mol. The zero-order valence-corrected chi connectivity index (χ0v) is 29.7. The zero-order valence-electron chi connectivity index (χ0n) is 29.7. The first-order chi connectivity index (χ1) is 22.5. The Hall–Kier alpha value is -3.57. The Bertz CT molecular complexity index is 1420. The average Bonchev–Trinajstić information content (AvgIpc) is 3.44. The Morgan fingerprint density at radius 3 is 2.29 bits per heavy atom. The highest BCUT2D eigenvalue weighted by Crippen LogP contribution is 2.39. The van der Waals surface area contributed by atoms with Crippen LogP contribution in [0, 0.1) is 24.2 Å². The third kappa shape index (κ3) is 10.2. The first-order valence-corrected chi connectivity index (χ1v) is 17.3. The van der Waals surface area contributed by atoms with Gasteiger partial charge in [0.2, 0.25) is 11.8 Å². The molecule has 1 saturated carbocycles. The molecule has 6 atom stereocenters. The number of hydrogen-bond donors (Lipinski definition) is 4. The van der Waals surface area contributed by atoms with Crippen molar-refractivity contribution >= 4 is 23.5 Å². The van der Waals surface area contributed by atoms with Gasteiger partial charge in [-0.1, -0.05) is 68.6 Å². The van der Waals surface area contributed by atoms with Crippen molar-refractivity contribution < 1.29 is 28.8 Å². The number of amides is 3. The lowest BCUT2D eigenvalue weighted by Crippen LogP contribution is -2.62. The Balaban J connectivity index is 1.60. The fraction of sp³-hybridized carbons (Fsp3) is 0.649. The number of Topliss-reactive ketones (excluding diaryl/α,β-unsaturated/α-hetero) is 1. The fourth-order valence-corrected chi connectivity index (χ4v) is 7.45. The summed E-state index contributed by atoms with van der Waals surface area (Å²) >= 11 is 0. The first-order valence-electron chi connectivity index (χ1n) is 17.3. The van der Waals surface area contributed by atoms with Crippen LogP contribution in [0.3, 0.4) is 0 Å². The first kappa shape index (κ1) is 37.3. The number of rotatable bonds is 13. The van der Waals surface area contributed by atoms with E-state index in [4.69, 9.17) is 4.52 Å². The van der Waals surface area contributed by atoms with Crippen LogP contribution in [0.15, 0.2) is 40.9 Å². The largest absolute Gasteiger partial charge is 0.390 e. The molecule has 1 saturated heterocycles. The summed E-state index contributed by atoms with van der Waals surface area (Å²) in [7, 11) is 0. The smallest absolute Gasteiger partial charge is 0.274 e. The molecule has 48 heavy (non-hydrogen) atoms. The minimum absolute atomic E-state index is 0.0236. The van der Waals surface area contributed by atoms with E-state index in [1.165, 1.54) is 25.8 Å². The van der Waals surface area contributed by atoms with Crippen LogP contribution in [0.2, 0.25) is 0 Å². The number of carbonyl (C=O) groups excluding carboxylic acids is 4. The number of aliphatic hydroxyl groups excluding tert-OH is 1. The number of aliphatic hydroxyl groups is 1. The Morgan fingerprint density at radius 2 is 1.69 bits per heavy atom. The van der Waals surface area contributed by atoms with Crippen LogP contribution in [0.25, 0.3) is 0 Å². The molecule has 2 aliphatic rings. The lowest BCUT2D eigenvalue weighted by Gasteiger charge is -2.47. The van der Waals surface area contributed by atoms with Crippen LogP contribution in [0.5, 0.6) is 0 Å². The van der Waals surface area contributed by atoms with E-state index < -0.39 is 47.0 Å². The molecule has 1 aliphatic heterocycles. The van der Waals surface area contributed by atoms with Crippen molar-refractivity contribution in [2.45, 2.75) is 123 Å².